The summed E-state index contributed by atoms with van der Waals surface area (Å²) < 4.78 is 14.8. The second kappa shape index (κ2) is 7.25. The molecule has 0 spiro atoms. The van der Waals surface area contributed by atoms with Crippen molar-refractivity contribution in [3.63, 3.8) is 0 Å². The molecule has 0 heterocycles. The average Bonchev–Trinajstić information content (AvgIpc) is 2.31. The maximum Gasteiger partial charge on any atom is 0.166 e. The van der Waals surface area contributed by atoms with Crippen LogP contribution in [0.3, 0.4) is 0 Å². The van der Waals surface area contributed by atoms with Crippen LogP contribution in [0.15, 0.2) is 21.1 Å². The van der Waals surface area contributed by atoms with Crippen molar-refractivity contribution in [1.29, 1.82) is 0 Å². The number of halogens is 3. The second-order valence-corrected chi connectivity index (χ2v) is 5.27. The number of rotatable bonds is 4. The van der Waals surface area contributed by atoms with Crippen LogP contribution in [0.4, 0.5) is 4.39 Å². The summed E-state index contributed by atoms with van der Waals surface area (Å²) in [6, 6.07) is 3.39. The van der Waals surface area contributed by atoms with Crippen LogP contribution in [0.2, 0.25) is 0 Å². The van der Waals surface area contributed by atoms with Crippen LogP contribution < -0.4 is 10.6 Å². The highest BCUT2D eigenvalue weighted by Gasteiger charge is 2.10. The lowest BCUT2D eigenvalue weighted by Crippen LogP contribution is -2.36. The zero-order chi connectivity index (χ0) is 12.8. The van der Waals surface area contributed by atoms with Crippen molar-refractivity contribution >= 4 is 49.2 Å². The van der Waals surface area contributed by atoms with E-state index in [1.807, 2.05) is 0 Å². The zero-order valence-electron chi connectivity index (χ0n) is 8.77. The first kappa shape index (κ1) is 14.8. The van der Waals surface area contributed by atoms with Gasteiger partial charge in [-0.25, -0.2) is 4.39 Å². The van der Waals surface area contributed by atoms with Crippen molar-refractivity contribution in [2.75, 3.05) is 13.2 Å². The third-order valence-corrected chi connectivity index (χ3v) is 3.61. The van der Waals surface area contributed by atoms with Gasteiger partial charge < -0.3 is 15.7 Å². The molecule has 0 aliphatic rings. The predicted molar refractivity (Wildman–Crippen MR) is 76.3 cm³/mol. The molecule has 3 N–H and O–H groups in total. The lowest BCUT2D eigenvalue weighted by atomic mass is 10.2. The van der Waals surface area contributed by atoms with Gasteiger partial charge in [-0.15, -0.1) is 0 Å². The normalized spacial score (nSPS) is 10.1. The molecule has 0 bridgehead atoms. The Morgan fingerprint density at radius 1 is 1.29 bits per heavy atom. The van der Waals surface area contributed by atoms with E-state index < -0.39 is 0 Å². The van der Waals surface area contributed by atoms with E-state index in [0.29, 0.717) is 26.2 Å². The number of aliphatic hydroxyl groups excluding tert-OH is 1. The fraction of sp³-hybridized carbons (Fsp3) is 0.300. The summed E-state index contributed by atoms with van der Waals surface area (Å²) >= 11 is 11.4. The summed E-state index contributed by atoms with van der Waals surface area (Å²) in [5, 5.41) is 14.6. The highest BCUT2D eigenvalue weighted by atomic mass is 79.9. The van der Waals surface area contributed by atoms with Gasteiger partial charge in [0.1, 0.15) is 5.82 Å². The molecule has 0 aliphatic carbocycles. The molecule has 17 heavy (non-hydrogen) atoms. The Morgan fingerprint density at radius 2 is 1.94 bits per heavy atom. The van der Waals surface area contributed by atoms with E-state index >= 15 is 0 Å². The monoisotopic (exact) mass is 384 g/mol. The fourth-order valence-corrected chi connectivity index (χ4v) is 2.12. The number of aliphatic hydroxyl groups is 1. The molecule has 3 nitrogen and oxygen atoms in total. The molecule has 0 aliphatic heterocycles. The maximum atomic E-state index is 13.7. The lowest BCUT2D eigenvalue weighted by Gasteiger charge is -2.12. The maximum absolute atomic E-state index is 13.7. The first-order valence-electron chi connectivity index (χ1n) is 4.81. The highest BCUT2D eigenvalue weighted by molar-refractivity contribution is 9.11. The molecule has 0 fully saturated rings. The van der Waals surface area contributed by atoms with Crippen LogP contribution in [-0.2, 0) is 6.54 Å². The zero-order valence-corrected chi connectivity index (χ0v) is 12.8. The van der Waals surface area contributed by atoms with Crippen molar-refractivity contribution in [3.05, 3.63) is 32.5 Å². The largest absolute Gasteiger partial charge is 0.395 e. The molecule has 7 heteroatoms. The molecular formula is C10H11Br2FN2OS. The minimum absolute atomic E-state index is 0.00321. The number of thiocarbonyl (C=S) groups is 1. The highest BCUT2D eigenvalue weighted by Crippen LogP contribution is 2.25. The van der Waals surface area contributed by atoms with Crippen molar-refractivity contribution in [3.8, 4) is 0 Å². The van der Waals surface area contributed by atoms with E-state index in [4.69, 9.17) is 17.3 Å². The number of hydrogen-bond acceptors (Lipinski definition) is 2. The Morgan fingerprint density at radius 3 is 2.59 bits per heavy atom. The van der Waals surface area contributed by atoms with E-state index in [0.717, 1.165) is 0 Å². The van der Waals surface area contributed by atoms with Gasteiger partial charge in [0.2, 0.25) is 0 Å². The second-order valence-electron chi connectivity index (χ2n) is 3.15. The summed E-state index contributed by atoms with van der Waals surface area (Å²) in [6.45, 7) is 0.633. The molecular weight excluding hydrogens is 375 g/mol. The molecule has 1 aromatic rings. The molecule has 0 saturated heterocycles. The quantitative estimate of drug-likeness (QED) is 0.549. The van der Waals surface area contributed by atoms with Gasteiger partial charge in [0.15, 0.2) is 5.11 Å². The minimum atomic E-state index is -0.322. The summed E-state index contributed by atoms with van der Waals surface area (Å²) in [5.74, 6) is -0.322. The van der Waals surface area contributed by atoms with Crippen LogP contribution in [0.5, 0.6) is 0 Å². The predicted octanol–water partition coefficient (Wildman–Crippen LogP) is 2.31. The Hall–Kier alpha value is -0.240. The van der Waals surface area contributed by atoms with E-state index in [-0.39, 0.29) is 19.0 Å². The first-order valence-corrected chi connectivity index (χ1v) is 6.80. The average molecular weight is 386 g/mol. The SMILES string of the molecule is OCCNC(=S)NCc1c(Br)ccc(Br)c1F. The van der Waals surface area contributed by atoms with Gasteiger partial charge in [-0.1, -0.05) is 15.9 Å². The lowest BCUT2D eigenvalue weighted by molar-refractivity contribution is 0.300. The van der Waals surface area contributed by atoms with E-state index in [1.165, 1.54) is 0 Å². The number of hydrogen-bond donors (Lipinski definition) is 3. The first-order chi connectivity index (χ1) is 8.06. The standard InChI is InChI=1S/C10H11Br2FN2OS/c11-7-1-2-8(12)9(13)6(7)5-15-10(17)14-3-4-16/h1-2,16H,3-5H2,(H2,14,15,17). The van der Waals surface area contributed by atoms with E-state index in [2.05, 4.69) is 42.5 Å². The van der Waals surface area contributed by atoms with Gasteiger partial charge in [-0.05, 0) is 40.3 Å². The van der Waals surface area contributed by atoms with Crippen LogP contribution in [0.25, 0.3) is 0 Å². The summed E-state index contributed by atoms with van der Waals surface area (Å²) in [7, 11) is 0. The van der Waals surface area contributed by atoms with Crippen molar-refractivity contribution < 1.29 is 9.50 Å². The smallest absolute Gasteiger partial charge is 0.166 e. The van der Waals surface area contributed by atoms with Gasteiger partial charge in [-0.3, -0.25) is 0 Å². The van der Waals surface area contributed by atoms with Crippen LogP contribution in [-0.4, -0.2) is 23.4 Å². The van der Waals surface area contributed by atoms with E-state index in [1.54, 1.807) is 12.1 Å². The molecule has 0 radical (unpaired) electrons. The molecule has 0 atom stereocenters. The molecule has 94 valence electrons. The molecule has 1 rings (SSSR count). The van der Waals surface area contributed by atoms with Crippen LogP contribution in [0, 0.1) is 5.82 Å². The van der Waals surface area contributed by atoms with Gasteiger partial charge in [-0.2, -0.15) is 0 Å². The van der Waals surface area contributed by atoms with Gasteiger partial charge >= 0.3 is 0 Å². The summed E-state index contributed by atoms with van der Waals surface area (Å²) in [4.78, 5) is 0. The summed E-state index contributed by atoms with van der Waals surface area (Å²) in [5.41, 5.74) is 0.493. The summed E-state index contributed by atoms with van der Waals surface area (Å²) in [6.07, 6.45) is 0. The molecule has 1 aromatic carbocycles. The molecule has 0 amide bonds. The van der Waals surface area contributed by atoms with E-state index in [9.17, 15) is 4.39 Å². The Balaban J connectivity index is 2.63. The topological polar surface area (TPSA) is 44.3 Å². The van der Waals surface area contributed by atoms with Crippen LogP contribution >= 0.6 is 44.1 Å². The third kappa shape index (κ3) is 4.50. The third-order valence-electron chi connectivity index (χ3n) is 1.96. The minimum Gasteiger partial charge on any atom is -0.395 e. The number of nitrogens with one attached hydrogen (secondary N) is 2. The number of benzene rings is 1. The Labute approximate surface area is 121 Å². The van der Waals surface area contributed by atoms with Crippen molar-refractivity contribution in [2.45, 2.75) is 6.54 Å². The molecule has 0 aromatic heterocycles. The Kier molecular flexibility index (Phi) is 6.32. The van der Waals surface area contributed by atoms with Crippen molar-refractivity contribution in [2.24, 2.45) is 0 Å². The van der Waals surface area contributed by atoms with Crippen molar-refractivity contribution in [1.82, 2.24) is 10.6 Å². The molecule has 0 unspecified atom stereocenters. The van der Waals surface area contributed by atoms with Gasteiger partial charge in [0, 0.05) is 23.1 Å². The van der Waals surface area contributed by atoms with Gasteiger partial charge in [0.05, 0.1) is 11.1 Å². The molecule has 0 saturated carbocycles. The fourth-order valence-electron chi connectivity index (χ4n) is 1.13. The Bertz CT molecular complexity index is 418. The van der Waals surface area contributed by atoms with Gasteiger partial charge in [0.25, 0.3) is 0 Å². The van der Waals surface area contributed by atoms with Crippen LogP contribution in [0.1, 0.15) is 5.56 Å².